The van der Waals surface area contributed by atoms with Crippen LogP contribution in [0.3, 0.4) is 0 Å². The summed E-state index contributed by atoms with van der Waals surface area (Å²) in [6, 6.07) is 18.6. The molecule has 1 amide bonds. The van der Waals surface area contributed by atoms with Crippen LogP contribution in [0.2, 0.25) is 0 Å². The van der Waals surface area contributed by atoms with E-state index in [0.29, 0.717) is 21.3 Å². The Kier molecular flexibility index (Phi) is 6.24. The Labute approximate surface area is 178 Å². The lowest BCUT2D eigenvalue weighted by molar-refractivity contribution is 0.102. The zero-order valence-corrected chi connectivity index (χ0v) is 18.2. The third kappa shape index (κ3) is 4.78. The van der Waals surface area contributed by atoms with E-state index < -0.39 is 10.0 Å². The van der Waals surface area contributed by atoms with Crippen LogP contribution in [0.25, 0.3) is 0 Å². The van der Waals surface area contributed by atoms with Crippen LogP contribution in [0.15, 0.2) is 76.1 Å². The highest BCUT2D eigenvalue weighted by molar-refractivity contribution is 9.10. The minimum Gasteiger partial charge on any atom is -0.494 e. The molecule has 2 N–H and O–H groups in total. The Balaban J connectivity index is 1.91. The number of halogens is 1. The molecule has 0 fully saturated rings. The number of benzene rings is 3. The van der Waals surface area contributed by atoms with Gasteiger partial charge in [0.05, 0.1) is 12.8 Å². The van der Waals surface area contributed by atoms with Gasteiger partial charge in [0.15, 0.2) is 0 Å². The molecule has 0 heterocycles. The van der Waals surface area contributed by atoms with Crippen molar-refractivity contribution in [3.63, 3.8) is 0 Å². The summed E-state index contributed by atoms with van der Waals surface area (Å²) in [7, 11) is -2.40. The van der Waals surface area contributed by atoms with Gasteiger partial charge >= 0.3 is 0 Å². The smallest absolute Gasteiger partial charge is 0.263 e. The molecule has 150 valence electrons. The number of nitrogens with one attached hydrogen (secondary N) is 2. The van der Waals surface area contributed by atoms with Crippen molar-refractivity contribution in [1.29, 1.82) is 0 Å². The average molecular weight is 475 g/mol. The van der Waals surface area contributed by atoms with E-state index in [-0.39, 0.29) is 22.2 Å². The maximum Gasteiger partial charge on any atom is 0.263 e. The second-order valence-electron chi connectivity index (χ2n) is 6.22. The molecule has 0 spiro atoms. The van der Waals surface area contributed by atoms with Crippen molar-refractivity contribution in [3.05, 3.63) is 82.3 Å². The normalized spacial score (nSPS) is 11.0. The largest absolute Gasteiger partial charge is 0.494 e. The number of methoxy groups -OCH3 is 1. The number of ether oxygens (including phenoxy) is 1. The van der Waals surface area contributed by atoms with Crippen LogP contribution in [0.1, 0.15) is 15.9 Å². The lowest BCUT2D eigenvalue weighted by atomic mass is 10.1. The van der Waals surface area contributed by atoms with E-state index in [1.165, 1.54) is 13.2 Å². The average Bonchev–Trinajstić information content (AvgIpc) is 2.70. The Morgan fingerprint density at radius 3 is 2.28 bits per heavy atom. The molecule has 0 atom stereocenters. The van der Waals surface area contributed by atoms with E-state index in [1.807, 2.05) is 6.07 Å². The van der Waals surface area contributed by atoms with Crippen LogP contribution in [-0.2, 0) is 10.0 Å². The molecule has 0 aliphatic rings. The number of aryl methyl sites for hydroxylation is 1. The fourth-order valence-electron chi connectivity index (χ4n) is 2.72. The van der Waals surface area contributed by atoms with Crippen LogP contribution in [0.4, 0.5) is 11.4 Å². The van der Waals surface area contributed by atoms with Crippen molar-refractivity contribution in [2.75, 3.05) is 17.1 Å². The Hall–Kier alpha value is -2.84. The van der Waals surface area contributed by atoms with Gasteiger partial charge in [-0.05, 0) is 58.7 Å². The molecular formula is C21H19BrN2O4S. The zero-order valence-electron chi connectivity index (χ0n) is 15.8. The van der Waals surface area contributed by atoms with Gasteiger partial charge in [-0.15, -0.1) is 0 Å². The first-order valence-electron chi connectivity index (χ1n) is 8.64. The summed E-state index contributed by atoms with van der Waals surface area (Å²) in [4.78, 5) is 12.5. The van der Waals surface area contributed by atoms with Crippen LogP contribution in [0, 0.1) is 6.92 Å². The molecule has 3 rings (SSSR count). The molecular weight excluding hydrogens is 456 g/mol. The molecule has 29 heavy (non-hydrogen) atoms. The number of sulfonamides is 1. The topological polar surface area (TPSA) is 84.5 Å². The molecule has 0 saturated heterocycles. The lowest BCUT2D eigenvalue weighted by Gasteiger charge is -2.16. The van der Waals surface area contributed by atoms with Gasteiger partial charge in [-0.3, -0.25) is 9.52 Å². The number of amides is 1. The summed E-state index contributed by atoms with van der Waals surface area (Å²) >= 11 is 3.26. The van der Waals surface area contributed by atoms with Gasteiger partial charge in [0.25, 0.3) is 15.9 Å². The highest BCUT2D eigenvalue weighted by Gasteiger charge is 2.20. The van der Waals surface area contributed by atoms with Gasteiger partial charge < -0.3 is 10.1 Å². The maximum atomic E-state index is 12.8. The quantitative estimate of drug-likeness (QED) is 0.536. The fourth-order valence-corrected chi connectivity index (χ4v) is 4.78. The summed E-state index contributed by atoms with van der Waals surface area (Å²) in [5, 5.41) is 2.83. The second-order valence-corrected chi connectivity index (χ2v) is 8.73. The van der Waals surface area contributed by atoms with Crippen molar-refractivity contribution in [1.82, 2.24) is 0 Å². The number of carbonyl (C=O) groups excluding carboxylic acids is 1. The summed E-state index contributed by atoms with van der Waals surface area (Å²) < 4.78 is 33.9. The number of hydrogen-bond donors (Lipinski definition) is 2. The standard InChI is InChI=1S/C21H19BrN2O4S/c1-14-12-18(24-29(26,27)20-11-7-6-10-16(20)22)19(28-2)13-17(14)23-21(25)15-8-4-3-5-9-15/h3-13,24H,1-2H3,(H,23,25). The molecule has 6 nitrogen and oxygen atoms in total. The molecule has 0 aliphatic carbocycles. The number of anilines is 2. The van der Waals surface area contributed by atoms with Crippen LogP contribution in [0.5, 0.6) is 5.75 Å². The Morgan fingerprint density at radius 1 is 0.966 bits per heavy atom. The molecule has 0 radical (unpaired) electrons. The third-order valence-electron chi connectivity index (χ3n) is 4.20. The third-order valence-corrected chi connectivity index (χ3v) is 6.58. The molecule has 3 aromatic rings. The van der Waals surface area contributed by atoms with Crippen LogP contribution < -0.4 is 14.8 Å². The van der Waals surface area contributed by atoms with E-state index in [1.54, 1.807) is 61.5 Å². The molecule has 3 aromatic carbocycles. The number of rotatable bonds is 6. The fraction of sp³-hybridized carbons (Fsp3) is 0.0952. The number of carbonyl (C=O) groups is 1. The van der Waals surface area contributed by atoms with Gasteiger partial charge in [-0.25, -0.2) is 8.42 Å². The molecule has 0 aromatic heterocycles. The zero-order chi connectivity index (χ0) is 21.0. The number of hydrogen-bond acceptors (Lipinski definition) is 4. The van der Waals surface area contributed by atoms with Gasteiger partial charge in [0, 0.05) is 21.8 Å². The van der Waals surface area contributed by atoms with E-state index in [9.17, 15) is 13.2 Å². The van der Waals surface area contributed by atoms with Crippen molar-refractivity contribution in [2.45, 2.75) is 11.8 Å². The maximum absolute atomic E-state index is 12.8. The molecule has 8 heteroatoms. The minimum atomic E-state index is -3.84. The van der Waals surface area contributed by atoms with Crippen LogP contribution in [-0.4, -0.2) is 21.4 Å². The monoisotopic (exact) mass is 474 g/mol. The highest BCUT2D eigenvalue weighted by atomic mass is 79.9. The van der Waals surface area contributed by atoms with Gasteiger partial charge in [-0.1, -0.05) is 30.3 Å². The van der Waals surface area contributed by atoms with E-state index in [4.69, 9.17) is 4.74 Å². The van der Waals surface area contributed by atoms with E-state index in [2.05, 4.69) is 26.0 Å². The van der Waals surface area contributed by atoms with Crippen molar-refractivity contribution < 1.29 is 17.9 Å². The summed E-state index contributed by atoms with van der Waals surface area (Å²) in [6.45, 7) is 1.77. The SMILES string of the molecule is COc1cc(NC(=O)c2ccccc2)c(C)cc1NS(=O)(=O)c1ccccc1Br. The first kappa shape index (κ1) is 20.9. The van der Waals surface area contributed by atoms with Gasteiger partial charge in [0.1, 0.15) is 10.6 Å². The summed E-state index contributed by atoms with van der Waals surface area (Å²) in [6.07, 6.45) is 0. The molecule has 0 saturated carbocycles. The minimum absolute atomic E-state index is 0.112. The van der Waals surface area contributed by atoms with E-state index in [0.717, 1.165) is 0 Å². The Morgan fingerprint density at radius 2 is 1.62 bits per heavy atom. The summed E-state index contributed by atoms with van der Waals surface area (Å²) in [5.41, 5.74) is 2.00. The lowest BCUT2D eigenvalue weighted by Crippen LogP contribution is -2.16. The van der Waals surface area contributed by atoms with Crippen LogP contribution >= 0.6 is 15.9 Å². The van der Waals surface area contributed by atoms with E-state index >= 15 is 0 Å². The predicted octanol–water partition coefficient (Wildman–Crippen LogP) is 4.82. The predicted molar refractivity (Wildman–Crippen MR) is 117 cm³/mol. The second kappa shape index (κ2) is 8.67. The van der Waals surface area contributed by atoms with Crippen molar-refractivity contribution in [2.24, 2.45) is 0 Å². The van der Waals surface area contributed by atoms with Crippen molar-refractivity contribution >= 4 is 43.2 Å². The van der Waals surface area contributed by atoms with Gasteiger partial charge in [-0.2, -0.15) is 0 Å². The first-order valence-corrected chi connectivity index (χ1v) is 10.9. The highest BCUT2D eigenvalue weighted by Crippen LogP contribution is 2.34. The van der Waals surface area contributed by atoms with Gasteiger partial charge in [0.2, 0.25) is 0 Å². The molecule has 0 unspecified atom stereocenters. The van der Waals surface area contributed by atoms with Crippen molar-refractivity contribution in [3.8, 4) is 5.75 Å². The molecule has 0 aliphatic heterocycles. The summed E-state index contributed by atoms with van der Waals surface area (Å²) in [5.74, 6) is 0.0203. The first-order chi connectivity index (χ1) is 13.8. The Bertz CT molecular complexity index is 1150. The molecule has 0 bridgehead atoms.